The van der Waals surface area contributed by atoms with E-state index in [2.05, 4.69) is 31.6 Å². The molecule has 1 aliphatic rings. The second-order valence-corrected chi connectivity index (χ2v) is 10.3. The van der Waals surface area contributed by atoms with Crippen LogP contribution in [0.25, 0.3) is 0 Å². The van der Waals surface area contributed by atoms with E-state index in [9.17, 15) is 19.2 Å². The predicted molar refractivity (Wildman–Crippen MR) is 150 cm³/mol. The van der Waals surface area contributed by atoms with Gasteiger partial charge in [0.1, 0.15) is 30.1 Å². The van der Waals surface area contributed by atoms with Gasteiger partial charge in [0.05, 0.1) is 19.3 Å². The summed E-state index contributed by atoms with van der Waals surface area (Å²) in [6, 6.07) is 10.3. The van der Waals surface area contributed by atoms with Crippen molar-refractivity contribution in [3.63, 3.8) is 0 Å². The summed E-state index contributed by atoms with van der Waals surface area (Å²) in [5.41, 5.74) is 2.91. The van der Waals surface area contributed by atoms with Crippen LogP contribution in [0.4, 0.5) is 0 Å². The van der Waals surface area contributed by atoms with E-state index in [4.69, 9.17) is 4.74 Å². The molecule has 0 saturated heterocycles. The number of hydrogen-bond donors (Lipinski definition) is 4. The van der Waals surface area contributed by atoms with Gasteiger partial charge in [-0.3, -0.25) is 19.2 Å². The van der Waals surface area contributed by atoms with E-state index in [0.717, 1.165) is 5.56 Å². The smallest absolute Gasteiger partial charge is 0.251 e. The summed E-state index contributed by atoms with van der Waals surface area (Å²) in [5, 5.41) is 19.2. The Balaban J connectivity index is 1.57. The van der Waals surface area contributed by atoms with Gasteiger partial charge in [-0.15, -0.1) is 5.10 Å². The molecule has 41 heavy (non-hydrogen) atoms. The highest BCUT2D eigenvalue weighted by atomic mass is 16.5. The Kier molecular flexibility index (Phi) is 9.33. The first-order valence-corrected chi connectivity index (χ1v) is 13.5. The fourth-order valence-electron chi connectivity index (χ4n) is 4.24. The van der Waals surface area contributed by atoms with Gasteiger partial charge >= 0.3 is 0 Å². The van der Waals surface area contributed by atoms with Crippen molar-refractivity contribution in [2.75, 3.05) is 6.61 Å². The molecular weight excluding hydrogens is 526 g/mol. The second kappa shape index (κ2) is 13.1. The first kappa shape index (κ1) is 29.2. The van der Waals surface area contributed by atoms with Crippen LogP contribution in [0.5, 0.6) is 5.75 Å². The lowest BCUT2D eigenvalue weighted by molar-refractivity contribution is -0.130. The summed E-state index contributed by atoms with van der Waals surface area (Å²) in [4.78, 5) is 51.7. The van der Waals surface area contributed by atoms with E-state index < -0.39 is 29.8 Å². The molecule has 1 aliphatic heterocycles. The highest BCUT2D eigenvalue weighted by molar-refractivity contribution is 5.98. The Bertz CT molecular complexity index is 1430. The zero-order valence-corrected chi connectivity index (χ0v) is 23.6. The third-order valence-corrected chi connectivity index (χ3v) is 6.69. The molecule has 12 nitrogen and oxygen atoms in total. The molecule has 3 aromatic rings. The van der Waals surface area contributed by atoms with Gasteiger partial charge in [0, 0.05) is 17.7 Å². The van der Waals surface area contributed by atoms with Gasteiger partial charge in [-0.25, -0.2) is 4.68 Å². The van der Waals surface area contributed by atoms with E-state index in [1.54, 1.807) is 68.0 Å². The molecule has 0 unspecified atom stereocenters. The summed E-state index contributed by atoms with van der Waals surface area (Å²) in [5.74, 6) is -1.26. The Hall–Kier alpha value is -4.74. The zero-order chi connectivity index (χ0) is 29.5. The number of aryl methyl sites for hydroxylation is 1. The van der Waals surface area contributed by atoms with Crippen molar-refractivity contribution in [2.45, 2.75) is 59.4 Å². The van der Waals surface area contributed by atoms with Crippen molar-refractivity contribution >= 4 is 23.6 Å². The molecule has 12 heteroatoms. The molecule has 4 rings (SSSR count). The average Bonchev–Trinajstić information content (AvgIpc) is 3.41. The summed E-state index contributed by atoms with van der Waals surface area (Å²) in [7, 11) is 0. The van der Waals surface area contributed by atoms with Crippen LogP contribution in [0.1, 0.15) is 58.3 Å². The maximum Gasteiger partial charge on any atom is 0.251 e. The molecule has 2 heterocycles. The molecule has 2 aromatic carbocycles. The SMILES string of the molecule is Cc1ccc2cc1OCCn1cc(nn1)CNC(=O)[C@@H](C)NC(=O)[C@H](C(C)C)NC(=O)c1cccc(c1)CNC2=O. The molecular formula is C29H35N7O5. The number of ether oxygens (including phenoxy) is 1. The molecule has 0 radical (unpaired) electrons. The Morgan fingerprint density at radius 1 is 0.927 bits per heavy atom. The standard InChI is InChI=1S/C29H35N7O5/c1-17(2)25-29(40)32-19(4)26(37)31-15-23-16-36(35-34-23)10-11-41-24-13-22(9-8-18(24)3)27(38)30-14-20-6-5-7-21(12-20)28(39)33-25/h5-9,12-13,16-17,19,25H,10-11,14-15H2,1-4H3,(H,30,38)(H,31,37)(H,32,40)(H,33,39)/t19-,25+/m1/s1. The van der Waals surface area contributed by atoms with Gasteiger partial charge in [-0.2, -0.15) is 0 Å². The minimum Gasteiger partial charge on any atom is -0.491 e. The van der Waals surface area contributed by atoms with E-state index in [1.807, 2.05) is 13.0 Å². The van der Waals surface area contributed by atoms with Gasteiger partial charge in [0.25, 0.3) is 11.8 Å². The monoisotopic (exact) mass is 561 g/mol. The van der Waals surface area contributed by atoms with Crippen molar-refractivity contribution in [2.24, 2.45) is 5.92 Å². The third kappa shape index (κ3) is 7.68. The van der Waals surface area contributed by atoms with Crippen molar-refractivity contribution in [3.8, 4) is 5.75 Å². The number of fused-ring (bicyclic) bond motifs is 6. The van der Waals surface area contributed by atoms with Crippen molar-refractivity contribution in [3.05, 3.63) is 76.6 Å². The minimum absolute atomic E-state index is 0.122. The number of hydrogen-bond acceptors (Lipinski definition) is 7. The maximum atomic E-state index is 13.1. The van der Waals surface area contributed by atoms with Crippen LogP contribution in [-0.4, -0.2) is 57.3 Å². The number of rotatable bonds is 1. The Morgan fingerprint density at radius 3 is 2.49 bits per heavy atom. The van der Waals surface area contributed by atoms with Crippen LogP contribution in [0.2, 0.25) is 0 Å². The fraction of sp³-hybridized carbons (Fsp3) is 0.379. The van der Waals surface area contributed by atoms with Gasteiger partial charge in [0.2, 0.25) is 11.8 Å². The lowest BCUT2D eigenvalue weighted by Gasteiger charge is -2.24. The lowest BCUT2D eigenvalue weighted by Crippen LogP contribution is -2.54. The normalized spacial score (nSPS) is 19.2. The molecule has 4 amide bonds. The van der Waals surface area contributed by atoms with Gasteiger partial charge in [-0.05, 0) is 55.2 Å². The second-order valence-electron chi connectivity index (χ2n) is 10.3. The first-order chi connectivity index (χ1) is 19.6. The summed E-state index contributed by atoms with van der Waals surface area (Å²) >= 11 is 0. The van der Waals surface area contributed by atoms with Crippen LogP contribution in [-0.2, 0) is 29.2 Å². The zero-order valence-electron chi connectivity index (χ0n) is 23.6. The summed E-state index contributed by atoms with van der Waals surface area (Å²) < 4.78 is 7.52. The van der Waals surface area contributed by atoms with E-state index in [-0.39, 0.29) is 31.5 Å². The number of carbonyl (C=O) groups is 4. The largest absolute Gasteiger partial charge is 0.491 e. The van der Waals surface area contributed by atoms with Crippen LogP contribution >= 0.6 is 0 Å². The number of nitrogens with one attached hydrogen (secondary N) is 4. The van der Waals surface area contributed by atoms with Crippen molar-refractivity contribution < 1.29 is 23.9 Å². The van der Waals surface area contributed by atoms with E-state index in [0.29, 0.717) is 34.7 Å². The van der Waals surface area contributed by atoms with Gasteiger partial charge in [-0.1, -0.05) is 37.3 Å². The molecule has 6 bridgehead atoms. The van der Waals surface area contributed by atoms with Crippen LogP contribution in [0.15, 0.2) is 48.7 Å². The highest BCUT2D eigenvalue weighted by Crippen LogP contribution is 2.20. The van der Waals surface area contributed by atoms with E-state index in [1.165, 1.54) is 0 Å². The average molecular weight is 562 g/mol. The molecule has 2 atom stereocenters. The molecule has 0 spiro atoms. The fourth-order valence-corrected chi connectivity index (χ4v) is 4.24. The van der Waals surface area contributed by atoms with Crippen molar-refractivity contribution in [1.29, 1.82) is 0 Å². The Morgan fingerprint density at radius 2 is 1.71 bits per heavy atom. The number of carbonyl (C=O) groups excluding carboxylic acids is 4. The number of benzene rings is 2. The maximum absolute atomic E-state index is 13.1. The topological polar surface area (TPSA) is 156 Å². The van der Waals surface area contributed by atoms with Crippen LogP contribution < -0.4 is 26.0 Å². The third-order valence-electron chi connectivity index (χ3n) is 6.69. The molecule has 4 N–H and O–H groups in total. The first-order valence-electron chi connectivity index (χ1n) is 13.5. The van der Waals surface area contributed by atoms with Gasteiger partial charge in [0.15, 0.2) is 0 Å². The molecule has 1 aromatic heterocycles. The quantitative estimate of drug-likeness (QED) is 0.351. The highest BCUT2D eigenvalue weighted by Gasteiger charge is 2.27. The molecule has 216 valence electrons. The molecule has 0 aliphatic carbocycles. The van der Waals surface area contributed by atoms with Crippen LogP contribution in [0.3, 0.4) is 0 Å². The number of aromatic nitrogens is 3. The molecule has 0 saturated carbocycles. The number of amides is 4. The predicted octanol–water partition coefficient (Wildman–Crippen LogP) is 1.48. The minimum atomic E-state index is -0.871. The summed E-state index contributed by atoms with van der Waals surface area (Å²) in [6.45, 7) is 8.08. The van der Waals surface area contributed by atoms with Crippen LogP contribution in [0, 0.1) is 12.8 Å². The lowest BCUT2D eigenvalue weighted by atomic mass is 10.0. The van der Waals surface area contributed by atoms with Gasteiger partial charge < -0.3 is 26.0 Å². The Labute approximate surface area is 238 Å². The van der Waals surface area contributed by atoms with E-state index >= 15 is 0 Å². The molecule has 0 fully saturated rings. The number of nitrogens with zero attached hydrogens (tertiary/aromatic N) is 3. The van der Waals surface area contributed by atoms with Crippen molar-refractivity contribution in [1.82, 2.24) is 36.3 Å². The summed E-state index contributed by atoms with van der Waals surface area (Å²) in [6.07, 6.45) is 1.70.